The Morgan fingerprint density at radius 2 is 1.90 bits per heavy atom. The Labute approximate surface area is 122 Å². The first-order valence-electron chi connectivity index (χ1n) is 7.96. The highest BCUT2D eigenvalue weighted by Gasteiger charge is 2.29. The van der Waals surface area contributed by atoms with Gasteiger partial charge < -0.3 is 16.4 Å². The molecule has 1 aliphatic heterocycles. The summed E-state index contributed by atoms with van der Waals surface area (Å²) in [4.78, 5) is 2.56. The lowest BCUT2D eigenvalue weighted by atomic mass is 9.79. The third-order valence-corrected chi connectivity index (χ3v) is 5.07. The van der Waals surface area contributed by atoms with Crippen LogP contribution in [0.3, 0.4) is 0 Å². The Hall–Kier alpha value is -0.900. The van der Waals surface area contributed by atoms with Crippen LogP contribution in [0.25, 0.3) is 0 Å². The summed E-state index contributed by atoms with van der Waals surface area (Å²) in [7, 11) is 0. The van der Waals surface area contributed by atoms with E-state index in [0.29, 0.717) is 12.0 Å². The van der Waals surface area contributed by atoms with E-state index in [2.05, 4.69) is 30.0 Å². The van der Waals surface area contributed by atoms with Gasteiger partial charge in [-0.3, -0.25) is 0 Å². The highest BCUT2D eigenvalue weighted by atomic mass is 15.1. The number of likely N-dealkylation sites (tertiary alicyclic amines) is 1. The molecule has 0 bridgehead atoms. The molecule has 1 aliphatic carbocycles. The van der Waals surface area contributed by atoms with Crippen molar-refractivity contribution in [1.29, 1.82) is 0 Å². The van der Waals surface area contributed by atoms with Crippen LogP contribution in [0.5, 0.6) is 0 Å². The molecule has 4 N–H and O–H groups in total. The molecule has 2 aliphatic rings. The maximum absolute atomic E-state index is 6.53. The van der Waals surface area contributed by atoms with Gasteiger partial charge >= 0.3 is 0 Å². The van der Waals surface area contributed by atoms with Gasteiger partial charge in [-0.1, -0.05) is 23.8 Å². The number of hydrogen-bond acceptors (Lipinski definition) is 3. The number of aryl methyl sites for hydroxylation is 2. The highest BCUT2D eigenvalue weighted by Crippen LogP contribution is 2.34. The second kappa shape index (κ2) is 5.84. The molecule has 20 heavy (non-hydrogen) atoms. The summed E-state index contributed by atoms with van der Waals surface area (Å²) < 4.78 is 0. The van der Waals surface area contributed by atoms with Gasteiger partial charge in [0.2, 0.25) is 0 Å². The molecule has 3 nitrogen and oxygen atoms in total. The fraction of sp³-hybridized carbons (Fsp3) is 0.647. The van der Waals surface area contributed by atoms with Crippen LogP contribution in [-0.4, -0.2) is 30.6 Å². The molecule has 0 spiro atoms. The van der Waals surface area contributed by atoms with Crippen molar-refractivity contribution < 1.29 is 0 Å². The Morgan fingerprint density at radius 1 is 1.15 bits per heavy atom. The molecule has 0 saturated carbocycles. The molecule has 2 unspecified atom stereocenters. The first kappa shape index (κ1) is 14.1. The molecular formula is C17H27N3. The smallest absolute Gasteiger partial charge is 0.0338 e. The number of nitrogens with zero attached hydrogens (tertiary/aromatic N) is 1. The fourth-order valence-corrected chi connectivity index (χ4v) is 3.72. The molecule has 0 amide bonds. The van der Waals surface area contributed by atoms with Crippen molar-refractivity contribution in [3.63, 3.8) is 0 Å². The van der Waals surface area contributed by atoms with Gasteiger partial charge in [0.1, 0.15) is 0 Å². The van der Waals surface area contributed by atoms with Gasteiger partial charge in [-0.2, -0.15) is 0 Å². The number of rotatable bonds is 2. The van der Waals surface area contributed by atoms with Gasteiger partial charge in [-0.15, -0.1) is 0 Å². The van der Waals surface area contributed by atoms with Crippen LogP contribution in [0.15, 0.2) is 18.2 Å². The second-order valence-electron chi connectivity index (χ2n) is 6.66. The van der Waals surface area contributed by atoms with E-state index in [0.717, 1.165) is 32.5 Å². The van der Waals surface area contributed by atoms with Crippen LogP contribution in [-0.2, 0) is 6.42 Å². The van der Waals surface area contributed by atoms with Crippen molar-refractivity contribution in [2.45, 2.75) is 44.7 Å². The predicted octanol–water partition coefficient (Wildman–Crippen LogP) is 1.98. The summed E-state index contributed by atoms with van der Waals surface area (Å²) >= 11 is 0. The minimum Gasteiger partial charge on any atom is -0.328 e. The number of fused-ring (bicyclic) bond motifs is 1. The molecule has 3 rings (SSSR count). The fourth-order valence-electron chi connectivity index (χ4n) is 3.72. The number of piperidine rings is 1. The first-order valence-corrected chi connectivity index (χ1v) is 7.96. The molecular weight excluding hydrogens is 246 g/mol. The average molecular weight is 273 g/mol. The maximum atomic E-state index is 6.53. The topological polar surface area (TPSA) is 55.3 Å². The van der Waals surface area contributed by atoms with Crippen LogP contribution in [0.4, 0.5) is 0 Å². The molecule has 1 aromatic rings. The molecule has 3 heteroatoms. The minimum atomic E-state index is 0.204. The Morgan fingerprint density at radius 3 is 2.65 bits per heavy atom. The average Bonchev–Trinajstić information content (AvgIpc) is 2.44. The zero-order valence-corrected chi connectivity index (χ0v) is 12.5. The van der Waals surface area contributed by atoms with Crippen LogP contribution >= 0.6 is 0 Å². The Bertz CT molecular complexity index is 463. The first-order chi connectivity index (χ1) is 9.63. The number of nitrogens with two attached hydrogens (primary N) is 2. The molecule has 0 radical (unpaired) electrons. The van der Waals surface area contributed by atoms with Crippen molar-refractivity contribution in [2.24, 2.45) is 17.4 Å². The van der Waals surface area contributed by atoms with E-state index >= 15 is 0 Å². The lowest BCUT2D eigenvalue weighted by Gasteiger charge is -2.37. The van der Waals surface area contributed by atoms with Crippen molar-refractivity contribution >= 4 is 0 Å². The maximum Gasteiger partial charge on any atom is 0.0338 e. The summed E-state index contributed by atoms with van der Waals surface area (Å²) in [6.45, 7) is 5.59. The van der Waals surface area contributed by atoms with E-state index in [4.69, 9.17) is 11.5 Å². The van der Waals surface area contributed by atoms with E-state index in [-0.39, 0.29) is 6.04 Å². The Kier molecular flexibility index (Phi) is 4.11. The third-order valence-electron chi connectivity index (χ3n) is 5.07. The van der Waals surface area contributed by atoms with Crippen LogP contribution < -0.4 is 11.5 Å². The normalized spacial score (nSPS) is 28.4. The second-order valence-corrected chi connectivity index (χ2v) is 6.66. The molecule has 1 aromatic carbocycles. The van der Waals surface area contributed by atoms with E-state index in [1.807, 2.05) is 0 Å². The quantitative estimate of drug-likeness (QED) is 0.866. The minimum absolute atomic E-state index is 0.204. The lowest BCUT2D eigenvalue weighted by molar-refractivity contribution is 0.164. The molecule has 2 atom stereocenters. The SMILES string of the molecule is Cc1ccc2c(c1)CCC(CN1CCC(N)CC1)C2N. The number of benzene rings is 1. The zero-order chi connectivity index (χ0) is 14.1. The highest BCUT2D eigenvalue weighted by molar-refractivity contribution is 5.36. The van der Waals surface area contributed by atoms with Gasteiger partial charge in [-0.05, 0) is 62.7 Å². The van der Waals surface area contributed by atoms with Gasteiger partial charge in [-0.25, -0.2) is 0 Å². The van der Waals surface area contributed by atoms with Crippen LogP contribution in [0.1, 0.15) is 42.0 Å². The molecule has 1 saturated heterocycles. The lowest BCUT2D eigenvalue weighted by Crippen LogP contribution is -2.44. The summed E-state index contributed by atoms with van der Waals surface area (Å²) in [6, 6.07) is 7.37. The standard InChI is InChI=1S/C17H27N3/c1-12-2-5-16-13(10-12)3-4-14(17(16)19)11-20-8-6-15(18)7-9-20/h2,5,10,14-15,17H,3-4,6-9,11,18-19H2,1H3. The van der Waals surface area contributed by atoms with Crippen molar-refractivity contribution in [1.82, 2.24) is 4.90 Å². The van der Waals surface area contributed by atoms with Gasteiger partial charge in [0.15, 0.2) is 0 Å². The largest absolute Gasteiger partial charge is 0.328 e. The van der Waals surface area contributed by atoms with Crippen molar-refractivity contribution in [3.05, 3.63) is 34.9 Å². The summed E-state index contributed by atoms with van der Waals surface area (Å²) in [6.07, 6.45) is 4.68. The Balaban J connectivity index is 1.66. The molecule has 1 heterocycles. The van der Waals surface area contributed by atoms with Gasteiger partial charge in [0, 0.05) is 18.6 Å². The molecule has 1 fully saturated rings. The summed E-state index contributed by atoms with van der Waals surface area (Å²) in [5.74, 6) is 0.597. The third kappa shape index (κ3) is 2.90. The van der Waals surface area contributed by atoms with E-state index in [1.165, 1.54) is 29.5 Å². The molecule has 110 valence electrons. The van der Waals surface area contributed by atoms with Crippen molar-refractivity contribution in [2.75, 3.05) is 19.6 Å². The van der Waals surface area contributed by atoms with Crippen LogP contribution in [0, 0.1) is 12.8 Å². The van der Waals surface area contributed by atoms with Gasteiger partial charge in [0.25, 0.3) is 0 Å². The van der Waals surface area contributed by atoms with E-state index in [1.54, 1.807) is 0 Å². The van der Waals surface area contributed by atoms with Crippen LogP contribution in [0.2, 0.25) is 0 Å². The van der Waals surface area contributed by atoms with E-state index < -0.39 is 0 Å². The predicted molar refractivity (Wildman–Crippen MR) is 83.6 cm³/mol. The van der Waals surface area contributed by atoms with Crippen molar-refractivity contribution in [3.8, 4) is 0 Å². The summed E-state index contributed by atoms with van der Waals surface area (Å²) in [5.41, 5.74) is 16.7. The summed E-state index contributed by atoms with van der Waals surface area (Å²) in [5, 5.41) is 0. The monoisotopic (exact) mass is 273 g/mol. The zero-order valence-electron chi connectivity index (χ0n) is 12.5. The van der Waals surface area contributed by atoms with E-state index in [9.17, 15) is 0 Å². The van der Waals surface area contributed by atoms with Gasteiger partial charge in [0.05, 0.1) is 0 Å². The molecule has 0 aromatic heterocycles. The number of hydrogen-bond donors (Lipinski definition) is 2.